The highest BCUT2D eigenvalue weighted by Gasteiger charge is 2.15. The lowest BCUT2D eigenvalue weighted by atomic mass is 10.0. The van der Waals surface area contributed by atoms with Crippen LogP contribution in [0.1, 0.15) is 55.5 Å². The third kappa shape index (κ3) is 7.64. The summed E-state index contributed by atoms with van der Waals surface area (Å²) >= 11 is 0. The quantitative estimate of drug-likeness (QED) is 0.379. The van der Waals surface area contributed by atoms with Gasteiger partial charge in [0.1, 0.15) is 24.7 Å². The van der Waals surface area contributed by atoms with Crippen LogP contribution in [0.25, 0.3) is 0 Å². The lowest BCUT2D eigenvalue weighted by molar-refractivity contribution is -0.0120. The van der Waals surface area contributed by atoms with Gasteiger partial charge in [-0.15, -0.1) is 0 Å². The Hall–Kier alpha value is -3.29. The first-order chi connectivity index (χ1) is 16.6. The summed E-state index contributed by atoms with van der Waals surface area (Å²) in [6, 6.07) is 22.2. The highest BCUT2D eigenvalue weighted by molar-refractivity contribution is 5.44. The van der Waals surface area contributed by atoms with E-state index in [1.165, 1.54) is 12.0 Å². The smallest absolute Gasteiger partial charge is 0.218 e. The molecule has 0 saturated carbocycles. The van der Waals surface area contributed by atoms with Gasteiger partial charge >= 0.3 is 0 Å². The maximum Gasteiger partial charge on any atom is 0.218 e. The zero-order valence-electron chi connectivity index (χ0n) is 20.1. The van der Waals surface area contributed by atoms with Gasteiger partial charge in [0.25, 0.3) is 0 Å². The lowest BCUT2D eigenvalue weighted by Gasteiger charge is -2.22. The third-order valence-corrected chi connectivity index (χ3v) is 5.65. The normalized spacial score (nSPS) is 15.4. The summed E-state index contributed by atoms with van der Waals surface area (Å²) in [5.74, 6) is 8.25. The van der Waals surface area contributed by atoms with E-state index in [1.807, 2.05) is 42.5 Å². The summed E-state index contributed by atoms with van der Waals surface area (Å²) in [6.45, 7) is 6.21. The Balaban J connectivity index is 1.49. The van der Waals surface area contributed by atoms with Crippen molar-refractivity contribution >= 4 is 0 Å². The van der Waals surface area contributed by atoms with Crippen LogP contribution in [0.15, 0.2) is 66.7 Å². The molecule has 1 unspecified atom stereocenters. The molecule has 0 spiro atoms. The molecule has 4 nitrogen and oxygen atoms in total. The van der Waals surface area contributed by atoms with Crippen LogP contribution in [-0.4, -0.2) is 24.3 Å². The standard InChI is InChI=1S/C30H33NO3/c1-23(2)18-25-13-11-24(12-14-25)15-16-27-19-29(33-21-26-8-4-3-5-9-26)20-30(31-27)34-22-28-10-6-7-17-32-28/h3-5,8-9,11-14,19-20,23,28H,6-7,10,17-18,21-22H2,1-2H3. The predicted octanol–water partition coefficient (Wildman–Crippen LogP) is 6.21. The Morgan fingerprint density at radius 1 is 0.941 bits per heavy atom. The van der Waals surface area contributed by atoms with E-state index in [4.69, 9.17) is 14.2 Å². The van der Waals surface area contributed by atoms with Gasteiger partial charge in [-0.05, 0) is 60.8 Å². The van der Waals surface area contributed by atoms with Gasteiger partial charge in [0.05, 0.1) is 6.10 Å². The summed E-state index contributed by atoms with van der Waals surface area (Å²) < 4.78 is 17.8. The van der Waals surface area contributed by atoms with Gasteiger partial charge < -0.3 is 14.2 Å². The molecule has 1 fully saturated rings. The second kappa shape index (κ2) is 12.3. The van der Waals surface area contributed by atoms with Crippen LogP contribution < -0.4 is 9.47 Å². The van der Waals surface area contributed by atoms with Crippen molar-refractivity contribution in [2.24, 2.45) is 5.92 Å². The molecule has 1 aliphatic rings. The first kappa shape index (κ1) is 23.9. The SMILES string of the molecule is CC(C)Cc1ccc(C#Cc2cc(OCc3ccccc3)cc(OCC3CCCCO3)n2)cc1. The Kier molecular flexibility index (Phi) is 8.60. The molecule has 4 heteroatoms. The van der Waals surface area contributed by atoms with E-state index in [1.54, 1.807) is 0 Å². The van der Waals surface area contributed by atoms with E-state index in [9.17, 15) is 0 Å². The number of nitrogens with zero attached hydrogens (tertiary/aromatic N) is 1. The minimum absolute atomic E-state index is 0.114. The van der Waals surface area contributed by atoms with E-state index >= 15 is 0 Å². The molecule has 2 heterocycles. The average molecular weight is 456 g/mol. The number of rotatable bonds is 8. The minimum atomic E-state index is 0.114. The zero-order chi connectivity index (χ0) is 23.6. The van der Waals surface area contributed by atoms with Crippen molar-refractivity contribution < 1.29 is 14.2 Å². The largest absolute Gasteiger partial charge is 0.489 e. The van der Waals surface area contributed by atoms with Crippen LogP contribution >= 0.6 is 0 Å². The molecule has 1 atom stereocenters. The van der Waals surface area contributed by atoms with Crippen molar-refractivity contribution in [2.45, 2.75) is 52.2 Å². The van der Waals surface area contributed by atoms with Gasteiger partial charge in [-0.3, -0.25) is 0 Å². The highest BCUT2D eigenvalue weighted by Crippen LogP contribution is 2.22. The van der Waals surface area contributed by atoms with Gasteiger partial charge in [0, 0.05) is 24.3 Å². The van der Waals surface area contributed by atoms with Crippen LogP contribution in [0.2, 0.25) is 0 Å². The molecule has 1 saturated heterocycles. The Bertz CT molecular complexity index is 1090. The molecule has 2 aromatic carbocycles. The number of ether oxygens (including phenoxy) is 3. The summed E-state index contributed by atoms with van der Waals surface area (Å²) in [5, 5.41) is 0. The molecule has 0 bridgehead atoms. The monoisotopic (exact) mass is 455 g/mol. The van der Waals surface area contributed by atoms with Crippen LogP contribution in [0.5, 0.6) is 11.6 Å². The second-order valence-corrected chi connectivity index (χ2v) is 9.15. The maximum atomic E-state index is 6.05. The number of aromatic nitrogens is 1. The van der Waals surface area contributed by atoms with E-state index in [-0.39, 0.29) is 6.10 Å². The number of benzene rings is 2. The molecule has 176 valence electrons. The van der Waals surface area contributed by atoms with Crippen LogP contribution in [-0.2, 0) is 17.8 Å². The molecule has 1 aliphatic heterocycles. The van der Waals surface area contributed by atoms with Crippen molar-refractivity contribution in [1.82, 2.24) is 4.98 Å². The molecule has 34 heavy (non-hydrogen) atoms. The number of hydrogen-bond acceptors (Lipinski definition) is 4. The van der Waals surface area contributed by atoms with Crippen molar-refractivity contribution in [2.75, 3.05) is 13.2 Å². The highest BCUT2D eigenvalue weighted by atomic mass is 16.5. The third-order valence-electron chi connectivity index (χ3n) is 5.65. The van der Waals surface area contributed by atoms with E-state index < -0.39 is 0 Å². The van der Waals surface area contributed by atoms with Gasteiger partial charge in [0.15, 0.2) is 0 Å². The molecular weight excluding hydrogens is 422 g/mol. The van der Waals surface area contributed by atoms with Gasteiger partial charge in [0.2, 0.25) is 5.88 Å². The van der Waals surface area contributed by atoms with Crippen molar-refractivity contribution in [3.63, 3.8) is 0 Å². The Labute approximate surface area is 203 Å². The summed E-state index contributed by atoms with van der Waals surface area (Å²) in [6.07, 6.45) is 4.50. The fraction of sp³-hybridized carbons (Fsp3) is 0.367. The molecule has 0 amide bonds. The molecule has 4 rings (SSSR count). The lowest BCUT2D eigenvalue weighted by Crippen LogP contribution is -2.26. The molecule has 0 radical (unpaired) electrons. The van der Waals surface area contributed by atoms with Crippen LogP contribution in [0.3, 0.4) is 0 Å². The average Bonchev–Trinajstić information content (AvgIpc) is 2.87. The minimum Gasteiger partial charge on any atom is -0.489 e. The first-order valence-corrected chi connectivity index (χ1v) is 12.2. The van der Waals surface area contributed by atoms with Gasteiger partial charge in [-0.1, -0.05) is 62.2 Å². The molecule has 1 aromatic heterocycles. The fourth-order valence-electron chi connectivity index (χ4n) is 3.89. The predicted molar refractivity (Wildman–Crippen MR) is 135 cm³/mol. The summed E-state index contributed by atoms with van der Waals surface area (Å²) in [4.78, 5) is 4.61. The maximum absolute atomic E-state index is 6.05. The zero-order valence-corrected chi connectivity index (χ0v) is 20.1. The first-order valence-electron chi connectivity index (χ1n) is 12.2. The van der Waals surface area contributed by atoms with Crippen molar-refractivity contribution in [1.29, 1.82) is 0 Å². The fourth-order valence-corrected chi connectivity index (χ4v) is 3.89. The molecule has 3 aromatic rings. The van der Waals surface area contributed by atoms with E-state index in [2.05, 4.69) is 54.9 Å². The topological polar surface area (TPSA) is 40.6 Å². The van der Waals surface area contributed by atoms with Crippen molar-refractivity contribution in [3.8, 4) is 23.5 Å². The van der Waals surface area contributed by atoms with E-state index in [0.29, 0.717) is 36.5 Å². The number of pyridine rings is 1. The Morgan fingerprint density at radius 3 is 2.50 bits per heavy atom. The summed E-state index contributed by atoms with van der Waals surface area (Å²) in [7, 11) is 0. The molecule has 0 aliphatic carbocycles. The molecule has 0 N–H and O–H groups in total. The van der Waals surface area contributed by atoms with Crippen LogP contribution in [0, 0.1) is 17.8 Å². The summed E-state index contributed by atoms with van der Waals surface area (Å²) in [5.41, 5.74) is 4.02. The molecular formula is C30H33NO3. The number of hydrogen-bond donors (Lipinski definition) is 0. The van der Waals surface area contributed by atoms with Gasteiger partial charge in [-0.2, -0.15) is 0 Å². The second-order valence-electron chi connectivity index (χ2n) is 9.15. The van der Waals surface area contributed by atoms with Gasteiger partial charge in [-0.25, -0.2) is 4.98 Å². The van der Waals surface area contributed by atoms with E-state index in [0.717, 1.165) is 37.0 Å². The van der Waals surface area contributed by atoms with Crippen molar-refractivity contribution in [3.05, 3.63) is 89.1 Å². The Morgan fingerprint density at radius 2 is 1.76 bits per heavy atom. The van der Waals surface area contributed by atoms with Crippen LogP contribution in [0.4, 0.5) is 0 Å².